The summed E-state index contributed by atoms with van der Waals surface area (Å²) in [5.74, 6) is -0.146. The maximum atomic E-state index is 12.2. The van der Waals surface area contributed by atoms with Gasteiger partial charge in [-0.3, -0.25) is 9.20 Å². The first kappa shape index (κ1) is 9.63. The topological polar surface area (TPSA) is 47.3 Å². The molecule has 0 fully saturated rings. The van der Waals surface area contributed by atoms with Crippen molar-refractivity contribution >= 4 is 12.1 Å². The molecule has 0 aliphatic rings. The van der Waals surface area contributed by atoms with Gasteiger partial charge in [-0.2, -0.15) is 13.2 Å². The van der Waals surface area contributed by atoms with Crippen LogP contribution in [0.2, 0.25) is 0 Å². The van der Waals surface area contributed by atoms with Gasteiger partial charge in [0.1, 0.15) is 11.4 Å². The Kier molecular flexibility index (Phi) is 1.95. The predicted molar refractivity (Wildman–Crippen MR) is 43.4 cm³/mol. The third kappa shape index (κ3) is 1.56. The standard InChI is InChI=1S/C8H4F3N3O/c9-8(10,11)6-1-2-14-5(4-15)3-12-7(14)13-6/h1-4H. The van der Waals surface area contributed by atoms with E-state index in [4.69, 9.17) is 0 Å². The van der Waals surface area contributed by atoms with Crippen molar-refractivity contribution < 1.29 is 18.0 Å². The molecule has 0 saturated carbocycles. The van der Waals surface area contributed by atoms with Crippen molar-refractivity contribution in [2.75, 3.05) is 0 Å². The molecule has 2 heterocycles. The summed E-state index contributed by atoms with van der Waals surface area (Å²) >= 11 is 0. The highest BCUT2D eigenvalue weighted by molar-refractivity contribution is 5.73. The normalized spacial score (nSPS) is 11.9. The van der Waals surface area contributed by atoms with Crippen molar-refractivity contribution in [1.29, 1.82) is 0 Å². The second kappa shape index (κ2) is 3.04. The first-order valence-electron chi connectivity index (χ1n) is 3.89. The van der Waals surface area contributed by atoms with E-state index >= 15 is 0 Å². The smallest absolute Gasteiger partial charge is 0.296 e. The summed E-state index contributed by atoms with van der Waals surface area (Å²) in [5, 5.41) is 0. The molecular formula is C8H4F3N3O. The Morgan fingerprint density at radius 1 is 1.40 bits per heavy atom. The number of imidazole rings is 1. The van der Waals surface area contributed by atoms with Crippen molar-refractivity contribution in [2.24, 2.45) is 0 Å². The summed E-state index contributed by atoms with van der Waals surface area (Å²) in [6.07, 6.45) is -1.73. The van der Waals surface area contributed by atoms with Gasteiger partial charge in [0.25, 0.3) is 0 Å². The van der Waals surface area contributed by atoms with Crippen molar-refractivity contribution in [3.63, 3.8) is 0 Å². The summed E-state index contributed by atoms with van der Waals surface area (Å²) in [4.78, 5) is 17.3. The van der Waals surface area contributed by atoms with Gasteiger partial charge in [0, 0.05) is 6.20 Å². The SMILES string of the molecule is O=Cc1cnc2nc(C(F)(F)F)ccn12. The van der Waals surface area contributed by atoms with Crippen LogP contribution in [0.5, 0.6) is 0 Å². The van der Waals surface area contributed by atoms with E-state index in [1.807, 2.05) is 0 Å². The van der Waals surface area contributed by atoms with E-state index in [2.05, 4.69) is 9.97 Å². The highest BCUT2D eigenvalue weighted by atomic mass is 19.4. The van der Waals surface area contributed by atoms with Crippen LogP contribution in [-0.2, 0) is 6.18 Å². The average molecular weight is 215 g/mol. The van der Waals surface area contributed by atoms with Crippen LogP contribution in [0.15, 0.2) is 18.5 Å². The number of rotatable bonds is 1. The first-order chi connectivity index (χ1) is 7.02. The third-order valence-corrected chi connectivity index (χ3v) is 1.82. The second-order valence-corrected chi connectivity index (χ2v) is 2.78. The Labute approximate surface area is 81.4 Å². The fourth-order valence-electron chi connectivity index (χ4n) is 1.13. The number of aldehydes is 1. The monoisotopic (exact) mass is 215 g/mol. The number of carbonyl (C=O) groups excluding carboxylic acids is 1. The van der Waals surface area contributed by atoms with Gasteiger partial charge < -0.3 is 0 Å². The zero-order valence-corrected chi connectivity index (χ0v) is 7.19. The van der Waals surface area contributed by atoms with Gasteiger partial charge in [-0.15, -0.1) is 0 Å². The van der Waals surface area contributed by atoms with Crippen LogP contribution in [0.3, 0.4) is 0 Å². The maximum Gasteiger partial charge on any atom is 0.433 e. The molecule has 0 N–H and O–H groups in total. The van der Waals surface area contributed by atoms with Gasteiger partial charge in [0.15, 0.2) is 6.29 Å². The van der Waals surface area contributed by atoms with Crippen LogP contribution >= 0.6 is 0 Å². The molecule has 4 nitrogen and oxygen atoms in total. The molecule has 0 radical (unpaired) electrons. The fourth-order valence-corrected chi connectivity index (χ4v) is 1.13. The number of nitrogens with zero attached hydrogens (tertiary/aromatic N) is 3. The minimum Gasteiger partial charge on any atom is -0.296 e. The lowest BCUT2D eigenvalue weighted by atomic mass is 10.4. The Hall–Kier alpha value is -1.92. The lowest BCUT2D eigenvalue weighted by molar-refractivity contribution is -0.141. The van der Waals surface area contributed by atoms with Gasteiger partial charge in [0.05, 0.1) is 6.20 Å². The lowest BCUT2D eigenvalue weighted by Gasteiger charge is -2.04. The number of hydrogen-bond acceptors (Lipinski definition) is 3. The lowest BCUT2D eigenvalue weighted by Crippen LogP contribution is -2.09. The van der Waals surface area contributed by atoms with Crippen LogP contribution in [0.1, 0.15) is 16.2 Å². The second-order valence-electron chi connectivity index (χ2n) is 2.78. The Morgan fingerprint density at radius 3 is 2.73 bits per heavy atom. The maximum absolute atomic E-state index is 12.2. The van der Waals surface area contributed by atoms with Crippen LogP contribution in [-0.4, -0.2) is 20.7 Å². The molecule has 15 heavy (non-hydrogen) atoms. The van der Waals surface area contributed by atoms with Crippen molar-refractivity contribution in [2.45, 2.75) is 6.18 Å². The first-order valence-corrected chi connectivity index (χ1v) is 3.89. The number of fused-ring (bicyclic) bond motifs is 1. The molecule has 0 spiro atoms. The average Bonchev–Trinajstić information content (AvgIpc) is 2.58. The minimum absolute atomic E-state index is 0.146. The molecule has 0 atom stereocenters. The van der Waals surface area contributed by atoms with Crippen LogP contribution in [0, 0.1) is 0 Å². The molecule has 2 rings (SSSR count). The zero-order valence-electron chi connectivity index (χ0n) is 7.19. The molecule has 0 bridgehead atoms. The fraction of sp³-hybridized carbons (Fsp3) is 0.125. The number of alkyl halides is 3. The van der Waals surface area contributed by atoms with E-state index in [9.17, 15) is 18.0 Å². The number of carbonyl (C=O) groups is 1. The number of hydrogen-bond donors (Lipinski definition) is 0. The largest absolute Gasteiger partial charge is 0.433 e. The molecule has 7 heteroatoms. The Balaban J connectivity index is 2.63. The Morgan fingerprint density at radius 2 is 2.13 bits per heavy atom. The number of halogens is 3. The quantitative estimate of drug-likeness (QED) is 0.678. The molecule has 2 aromatic heterocycles. The van der Waals surface area contributed by atoms with E-state index in [-0.39, 0.29) is 11.5 Å². The van der Waals surface area contributed by atoms with Crippen LogP contribution in [0.25, 0.3) is 5.78 Å². The minimum atomic E-state index is -4.50. The Bertz CT molecular complexity index is 517. The molecule has 0 amide bonds. The highest BCUT2D eigenvalue weighted by Gasteiger charge is 2.32. The van der Waals surface area contributed by atoms with Crippen molar-refractivity contribution in [3.8, 4) is 0 Å². The molecule has 0 aromatic carbocycles. The molecule has 78 valence electrons. The molecule has 0 aliphatic heterocycles. The summed E-state index contributed by atoms with van der Waals surface area (Å²) in [5.41, 5.74) is -0.871. The molecule has 0 aliphatic carbocycles. The van der Waals surface area contributed by atoms with E-state index in [0.717, 1.165) is 18.5 Å². The number of aromatic nitrogens is 3. The molecule has 0 unspecified atom stereocenters. The molecule has 2 aromatic rings. The predicted octanol–water partition coefficient (Wildman–Crippen LogP) is 1.56. The van der Waals surface area contributed by atoms with E-state index < -0.39 is 11.9 Å². The van der Waals surface area contributed by atoms with Crippen LogP contribution in [0.4, 0.5) is 13.2 Å². The zero-order chi connectivity index (χ0) is 11.1. The van der Waals surface area contributed by atoms with E-state index in [1.165, 1.54) is 4.40 Å². The van der Waals surface area contributed by atoms with Gasteiger partial charge in [-0.05, 0) is 6.07 Å². The molecule has 0 saturated heterocycles. The van der Waals surface area contributed by atoms with Crippen LogP contribution < -0.4 is 0 Å². The van der Waals surface area contributed by atoms with Gasteiger partial charge in [-0.1, -0.05) is 0 Å². The summed E-state index contributed by atoms with van der Waals surface area (Å²) in [6, 6.07) is 0.793. The third-order valence-electron chi connectivity index (χ3n) is 1.82. The van der Waals surface area contributed by atoms with Crippen molar-refractivity contribution in [1.82, 2.24) is 14.4 Å². The summed E-state index contributed by atoms with van der Waals surface area (Å²) in [7, 11) is 0. The van der Waals surface area contributed by atoms with E-state index in [1.54, 1.807) is 0 Å². The molecular weight excluding hydrogens is 211 g/mol. The summed E-state index contributed by atoms with van der Waals surface area (Å²) < 4.78 is 37.9. The summed E-state index contributed by atoms with van der Waals surface area (Å²) in [6.45, 7) is 0. The van der Waals surface area contributed by atoms with Gasteiger partial charge in [-0.25, -0.2) is 9.97 Å². The van der Waals surface area contributed by atoms with Gasteiger partial charge in [0.2, 0.25) is 5.78 Å². The van der Waals surface area contributed by atoms with Gasteiger partial charge >= 0.3 is 6.18 Å². The van der Waals surface area contributed by atoms with E-state index in [0.29, 0.717) is 6.29 Å². The van der Waals surface area contributed by atoms with Crippen molar-refractivity contribution in [3.05, 3.63) is 29.8 Å². The highest BCUT2D eigenvalue weighted by Crippen LogP contribution is 2.27.